The fourth-order valence-corrected chi connectivity index (χ4v) is 4.97. The summed E-state index contributed by atoms with van der Waals surface area (Å²) >= 11 is 0. The summed E-state index contributed by atoms with van der Waals surface area (Å²) in [5, 5.41) is 3.68. The maximum atomic E-state index is 3.68. The Bertz CT molecular complexity index is 1030. The third-order valence-corrected chi connectivity index (χ3v) is 6.56. The van der Waals surface area contributed by atoms with Gasteiger partial charge in [-0.25, -0.2) is 0 Å². The Morgan fingerprint density at radius 2 is 1.75 bits per heavy atom. The molecule has 0 radical (unpaired) electrons. The Morgan fingerprint density at radius 1 is 0.929 bits per heavy atom. The SMILES string of the molecule is CC1(C)C2=C(C=C(Nc3ccc(C4C=CC=CC4)cc3)CC2)c2ccccc21. The molecule has 0 amide bonds. The number of nitrogens with one attached hydrogen (secondary N) is 1. The number of anilines is 1. The summed E-state index contributed by atoms with van der Waals surface area (Å²) in [7, 11) is 0. The Morgan fingerprint density at radius 3 is 2.54 bits per heavy atom. The van der Waals surface area contributed by atoms with E-state index in [-0.39, 0.29) is 5.41 Å². The highest BCUT2D eigenvalue weighted by Gasteiger charge is 2.37. The van der Waals surface area contributed by atoms with Crippen molar-refractivity contribution in [1.82, 2.24) is 0 Å². The highest BCUT2D eigenvalue weighted by atomic mass is 14.9. The summed E-state index contributed by atoms with van der Waals surface area (Å²) in [6.07, 6.45) is 14.5. The molecule has 140 valence electrons. The van der Waals surface area contributed by atoms with Crippen LogP contribution in [0.2, 0.25) is 0 Å². The van der Waals surface area contributed by atoms with E-state index in [0.29, 0.717) is 5.92 Å². The molecule has 0 fully saturated rings. The van der Waals surface area contributed by atoms with Gasteiger partial charge in [0.05, 0.1) is 0 Å². The molecule has 0 aromatic heterocycles. The van der Waals surface area contributed by atoms with Gasteiger partial charge < -0.3 is 5.32 Å². The van der Waals surface area contributed by atoms with Crippen LogP contribution in [0.15, 0.2) is 90.2 Å². The van der Waals surface area contributed by atoms with Gasteiger partial charge in [-0.2, -0.15) is 0 Å². The van der Waals surface area contributed by atoms with Gasteiger partial charge >= 0.3 is 0 Å². The number of hydrogen-bond acceptors (Lipinski definition) is 1. The van der Waals surface area contributed by atoms with Crippen molar-refractivity contribution in [2.75, 3.05) is 5.32 Å². The second-order valence-corrected chi connectivity index (χ2v) is 8.63. The summed E-state index contributed by atoms with van der Waals surface area (Å²) in [5.41, 5.74) is 9.94. The normalized spacial score (nSPS) is 21.9. The number of hydrogen-bond donors (Lipinski definition) is 1. The van der Waals surface area contributed by atoms with Gasteiger partial charge in [0.15, 0.2) is 0 Å². The first kappa shape index (κ1) is 17.3. The van der Waals surface area contributed by atoms with Gasteiger partial charge in [-0.1, -0.05) is 80.1 Å². The van der Waals surface area contributed by atoms with Crippen LogP contribution in [-0.2, 0) is 5.41 Å². The third kappa shape index (κ3) is 2.86. The smallest absolute Gasteiger partial charge is 0.0382 e. The first-order valence-corrected chi connectivity index (χ1v) is 10.4. The molecule has 3 aliphatic carbocycles. The lowest BCUT2D eigenvalue weighted by atomic mass is 9.78. The summed E-state index contributed by atoms with van der Waals surface area (Å²) in [5.74, 6) is 0.512. The van der Waals surface area contributed by atoms with Crippen LogP contribution in [0.5, 0.6) is 0 Å². The highest BCUT2D eigenvalue weighted by Crippen LogP contribution is 2.50. The van der Waals surface area contributed by atoms with E-state index in [9.17, 15) is 0 Å². The standard InChI is InChI=1S/C27H27N/c1-27(2)25-11-7-6-10-23(25)24-18-22(16-17-26(24)27)28-21-14-12-20(13-15-21)19-8-4-3-5-9-19/h3-8,10-15,18-19,28H,9,16-17H2,1-2H3. The zero-order valence-electron chi connectivity index (χ0n) is 16.7. The van der Waals surface area contributed by atoms with Gasteiger partial charge in [0.1, 0.15) is 0 Å². The van der Waals surface area contributed by atoms with Crippen LogP contribution < -0.4 is 5.32 Å². The van der Waals surface area contributed by atoms with Gasteiger partial charge in [0, 0.05) is 22.7 Å². The number of benzene rings is 2. The van der Waals surface area contributed by atoms with E-state index in [1.807, 2.05) is 0 Å². The minimum Gasteiger partial charge on any atom is -0.359 e. The maximum absolute atomic E-state index is 3.68. The van der Waals surface area contributed by atoms with Gasteiger partial charge in [0.25, 0.3) is 0 Å². The quantitative estimate of drug-likeness (QED) is 0.610. The topological polar surface area (TPSA) is 12.0 Å². The van der Waals surface area contributed by atoms with Gasteiger partial charge in [0.2, 0.25) is 0 Å². The molecule has 0 spiro atoms. The van der Waals surface area contributed by atoms with Crippen molar-refractivity contribution in [2.45, 2.75) is 44.4 Å². The number of fused-ring (bicyclic) bond motifs is 2. The van der Waals surface area contributed by atoms with Crippen LogP contribution in [-0.4, -0.2) is 0 Å². The fraction of sp³-hybridized carbons (Fsp3) is 0.259. The van der Waals surface area contributed by atoms with Crippen molar-refractivity contribution in [3.8, 4) is 0 Å². The molecule has 0 aliphatic heterocycles. The van der Waals surface area contributed by atoms with Crippen LogP contribution in [0, 0.1) is 0 Å². The predicted molar refractivity (Wildman–Crippen MR) is 119 cm³/mol. The highest BCUT2D eigenvalue weighted by molar-refractivity contribution is 5.87. The van der Waals surface area contributed by atoms with E-state index in [4.69, 9.17) is 0 Å². The predicted octanol–water partition coefficient (Wildman–Crippen LogP) is 7.12. The molecule has 1 heteroatoms. The van der Waals surface area contributed by atoms with Crippen LogP contribution in [0.4, 0.5) is 5.69 Å². The van der Waals surface area contributed by atoms with E-state index in [2.05, 4.69) is 98.1 Å². The molecule has 0 heterocycles. The van der Waals surface area contributed by atoms with E-state index in [1.165, 1.54) is 33.6 Å². The first-order chi connectivity index (χ1) is 13.6. The lowest BCUT2D eigenvalue weighted by Gasteiger charge is -2.27. The number of rotatable bonds is 3. The zero-order chi connectivity index (χ0) is 19.1. The molecular weight excluding hydrogens is 338 g/mol. The lowest BCUT2D eigenvalue weighted by molar-refractivity contribution is 0.604. The van der Waals surface area contributed by atoms with Gasteiger partial charge in [-0.3, -0.25) is 0 Å². The van der Waals surface area contributed by atoms with Crippen molar-refractivity contribution in [3.63, 3.8) is 0 Å². The molecule has 1 N–H and O–H groups in total. The van der Waals surface area contributed by atoms with Gasteiger partial charge in [-0.15, -0.1) is 0 Å². The molecule has 1 unspecified atom stereocenters. The molecule has 2 aromatic carbocycles. The van der Waals surface area contributed by atoms with Crippen molar-refractivity contribution in [2.24, 2.45) is 0 Å². The largest absolute Gasteiger partial charge is 0.359 e. The Labute approximate surface area is 168 Å². The molecule has 5 rings (SSSR count). The maximum Gasteiger partial charge on any atom is 0.0382 e. The summed E-state index contributed by atoms with van der Waals surface area (Å²) in [6, 6.07) is 17.9. The Balaban J connectivity index is 1.39. The molecule has 0 bridgehead atoms. The minimum absolute atomic E-state index is 0.150. The third-order valence-electron chi connectivity index (χ3n) is 6.56. The molecule has 0 saturated carbocycles. The average Bonchev–Trinajstić information content (AvgIpc) is 2.96. The summed E-state index contributed by atoms with van der Waals surface area (Å²) in [4.78, 5) is 0. The number of allylic oxidation sites excluding steroid dienone is 8. The minimum atomic E-state index is 0.150. The summed E-state index contributed by atoms with van der Waals surface area (Å²) in [6.45, 7) is 4.74. The van der Waals surface area contributed by atoms with Crippen LogP contribution >= 0.6 is 0 Å². The van der Waals surface area contributed by atoms with Gasteiger partial charge in [-0.05, 0) is 59.7 Å². The molecular formula is C27H27N. The van der Waals surface area contributed by atoms with E-state index >= 15 is 0 Å². The van der Waals surface area contributed by atoms with E-state index in [1.54, 1.807) is 5.57 Å². The lowest BCUT2D eigenvalue weighted by Crippen LogP contribution is -2.18. The van der Waals surface area contributed by atoms with Crippen LogP contribution in [0.25, 0.3) is 5.57 Å². The zero-order valence-corrected chi connectivity index (χ0v) is 16.7. The first-order valence-electron chi connectivity index (χ1n) is 10.4. The Hall–Kier alpha value is -2.80. The van der Waals surface area contributed by atoms with Crippen molar-refractivity contribution in [1.29, 1.82) is 0 Å². The average molecular weight is 366 g/mol. The second-order valence-electron chi connectivity index (χ2n) is 8.63. The van der Waals surface area contributed by atoms with Crippen LogP contribution in [0.1, 0.15) is 55.7 Å². The summed E-state index contributed by atoms with van der Waals surface area (Å²) < 4.78 is 0. The molecule has 1 atom stereocenters. The molecule has 0 saturated heterocycles. The van der Waals surface area contributed by atoms with E-state index < -0.39 is 0 Å². The Kier molecular flexibility index (Phi) is 4.12. The second kappa shape index (κ2) is 6.67. The van der Waals surface area contributed by atoms with Crippen molar-refractivity contribution >= 4 is 11.3 Å². The fourth-order valence-electron chi connectivity index (χ4n) is 4.97. The molecule has 2 aromatic rings. The van der Waals surface area contributed by atoms with Crippen molar-refractivity contribution < 1.29 is 0 Å². The molecule has 28 heavy (non-hydrogen) atoms. The van der Waals surface area contributed by atoms with Crippen LogP contribution in [0.3, 0.4) is 0 Å². The van der Waals surface area contributed by atoms with E-state index in [0.717, 1.165) is 19.3 Å². The molecule has 3 aliphatic rings. The molecule has 1 nitrogen and oxygen atoms in total. The monoisotopic (exact) mass is 365 g/mol. The van der Waals surface area contributed by atoms with Crippen molar-refractivity contribution in [3.05, 3.63) is 107 Å².